The van der Waals surface area contributed by atoms with Gasteiger partial charge in [-0.15, -0.1) is 0 Å². The highest BCUT2D eigenvalue weighted by atomic mass is 79.9. The molecule has 2 N–H and O–H groups in total. The summed E-state index contributed by atoms with van der Waals surface area (Å²) in [5.41, 5.74) is 0.458. The van der Waals surface area contributed by atoms with Crippen molar-refractivity contribution < 1.29 is 17.9 Å². The summed E-state index contributed by atoms with van der Waals surface area (Å²) in [7, 11) is -3.72. The molecular weight excluding hydrogens is 432 g/mol. The van der Waals surface area contributed by atoms with Gasteiger partial charge in [0.05, 0.1) is 4.90 Å². The molecule has 1 atom stereocenters. The van der Waals surface area contributed by atoms with E-state index in [2.05, 4.69) is 26.0 Å². The Morgan fingerprint density at radius 3 is 2.37 bits per heavy atom. The number of amides is 1. The minimum Gasteiger partial charge on any atom is -0.481 e. The zero-order chi connectivity index (χ0) is 20.0. The van der Waals surface area contributed by atoms with Crippen LogP contribution in [0.5, 0.6) is 5.75 Å². The van der Waals surface area contributed by atoms with Crippen molar-refractivity contribution in [3.8, 4) is 5.75 Å². The number of anilines is 1. The van der Waals surface area contributed by atoms with Gasteiger partial charge in [0.1, 0.15) is 5.75 Å². The molecule has 2 aromatic carbocycles. The summed E-state index contributed by atoms with van der Waals surface area (Å²) >= 11 is 3.30. The highest BCUT2D eigenvalue weighted by Gasteiger charge is 2.17. The number of hydrogen-bond donors (Lipinski definition) is 2. The van der Waals surface area contributed by atoms with Crippen LogP contribution in [0.2, 0.25) is 0 Å². The van der Waals surface area contributed by atoms with Gasteiger partial charge in [0.25, 0.3) is 15.9 Å². The lowest BCUT2D eigenvalue weighted by atomic mass is 10.2. The van der Waals surface area contributed by atoms with Crippen molar-refractivity contribution in [1.82, 2.24) is 5.32 Å². The number of halogens is 1. The molecule has 0 radical (unpaired) electrons. The number of carbonyl (C=O) groups is 1. The molecule has 27 heavy (non-hydrogen) atoms. The molecule has 0 fully saturated rings. The molecule has 146 valence electrons. The van der Waals surface area contributed by atoms with Crippen molar-refractivity contribution in [2.45, 2.75) is 31.8 Å². The van der Waals surface area contributed by atoms with Crippen LogP contribution >= 0.6 is 15.9 Å². The Kier molecular flexibility index (Phi) is 7.26. The van der Waals surface area contributed by atoms with Crippen LogP contribution in [-0.2, 0) is 14.8 Å². The molecular formula is C19H23BrN2O4S. The zero-order valence-electron chi connectivity index (χ0n) is 15.4. The summed E-state index contributed by atoms with van der Waals surface area (Å²) in [5, 5.41) is 2.80. The fraction of sp³-hybridized carbons (Fsp3) is 0.316. The number of sulfonamides is 1. The Balaban J connectivity index is 2.02. The molecule has 6 nitrogen and oxygen atoms in total. The molecule has 0 unspecified atom stereocenters. The third kappa shape index (κ3) is 6.55. The van der Waals surface area contributed by atoms with E-state index in [1.807, 2.05) is 19.9 Å². The Bertz CT molecular complexity index is 883. The first kappa shape index (κ1) is 21.2. The second-order valence-corrected chi connectivity index (χ2v) is 9.08. The number of carbonyl (C=O) groups excluding carboxylic acids is 1. The van der Waals surface area contributed by atoms with Gasteiger partial charge in [-0.3, -0.25) is 9.52 Å². The predicted octanol–water partition coefficient (Wildman–Crippen LogP) is 3.79. The zero-order valence-corrected chi connectivity index (χ0v) is 17.8. The van der Waals surface area contributed by atoms with E-state index >= 15 is 0 Å². The third-order valence-corrected chi connectivity index (χ3v) is 5.47. The summed E-state index contributed by atoms with van der Waals surface area (Å²) in [6, 6.07) is 12.8. The monoisotopic (exact) mass is 454 g/mol. The van der Waals surface area contributed by atoms with Crippen LogP contribution < -0.4 is 14.8 Å². The van der Waals surface area contributed by atoms with E-state index in [0.717, 1.165) is 4.47 Å². The van der Waals surface area contributed by atoms with Gasteiger partial charge in [0.2, 0.25) is 0 Å². The molecule has 2 aromatic rings. The summed E-state index contributed by atoms with van der Waals surface area (Å²) in [4.78, 5) is 12.1. The lowest BCUT2D eigenvalue weighted by Gasteiger charge is -2.16. The van der Waals surface area contributed by atoms with Crippen molar-refractivity contribution in [3.05, 3.63) is 53.0 Å². The van der Waals surface area contributed by atoms with Crippen LogP contribution in [0.15, 0.2) is 57.9 Å². The van der Waals surface area contributed by atoms with Crippen molar-refractivity contribution in [3.63, 3.8) is 0 Å². The molecule has 0 saturated heterocycles. The second kappa shape index (κ2) is 9.23. The van der Waals surface area contributed by atoms with E-state index in [4.69, 9.17) is 4.74 Å². The largest absolute Gasteiger partial charge is 0.481 e. The van der Waals surface area contributed by atoms with Gasteiger partial charge in [-0.2, -0.15) is 0 Å². The highest BCUT2D eigenvalue weighted by Crippen LogP contribution is 2.22. The molecule has 1 amide bonds. The van der Waals surface area contributed by atoms with Gasteiger partial charge in [-0.05, 0) is 55.3 Å². The predicted molar refractivity (Wildman–Crippen MR) is 109 cm³/mol. The number of benzene rings is 2. The molecule has 8 heteroatoms. The van der Waals surface area contributed by atoms with E-state index in [9.17, 15) is 13.2 Å². The first-order valence-corrected chi connectivity index (χ1v) is 10.8. The maximum Gasteiger partial charge on any atom is 0.261 e. The Labute approximate surface area is 168 Å². The summed E-state index contributed by atoms with van der Waals surface area (Å²) in [5.74, 6) is 0.559. The molecule has 0 aliphatic rings. The Morgan fingerprint density at radius 1 is 1.11 bits per heavy atom. The first-order valence-electron chi connectivity index (χ1n) is 8.50. The van der Waals surface area contributed by atoms with Gasteiger partial charge in [-0.25, -0.2) is 8.42 Å². The molecule has 2 rings (SSSR count). The van der Waals surface area contributed by atoms with E-state index in [1.165, 1.54) is 24.3 Å². The van der Waals surface area contributed by atoms with Gasteiger partial charge in [0, 0.05) is 16.7 Å². The van der Waals surface area contributed by atoms with Crippen molar-refractivity contribution in [2.24, 2.45) is 5.92 Å². The maximum atomic E-state index is 12.5. The van der Waals surface area contributed by atoms with E-state index in [1.54, 1.807) is 25.1 Å². The van der Waals surface area contributed by atoms with Crippen molar-refractivity contribution in [2.75, 3.05) is 11.3 Å². The number of ether oxygens (including phenoxy) is 1. The Hall–Kier alpha value is -2.06. The van der Waals surface area contributed by atoms with E-state index in [0.29, 0.717) is 23.9 Å². The molecule has 0 aliphatic heterocycles. The van der Waals surface area contributed by atoms with E-state index in [-0.39, 0.29) is 10.8 Å². The highest BCUT2D eigenvalue weighted by molar-refractivity contribution is 9.10. The van der Waals surface area contributed by atoms with Gasteiger partial charge >= 0.3 is 0 Å². The summed E-state index contributed by atoms with van der Waals surface area (Å²) in [6.45, 7) is 6.24. The summed E-state index contributed by atoms with van der Waals surface area (Å²) in [6.07, 6.45) is -0.675. The lowest BCUT2D eigenvalue weighted by molar-refractivity contribution is -0.127. The van der Waals surface area contributed by atoms with Crippen LogP contribution in [0, 0.1) is 5.92 Å². The number of nitrogens with one attached hydrogen (secondary N) is 2. The molecule has 0 bridgehead atoms. The smallest absolute Gasteiger partial charge is 0.261 e. The fourth-order valence-electron chi connectivity index (χ4n) is 2.17. The van der Waals surface area contributed by atoms with Gasteiger partial charge < -0.3 is 10.1 Å². The van der Waals surface area contributed by atoms with Gasteiger partial charge in [-0.1, -0.05) is 35.8 Å². The minimum atomic E-state index is -3.72. The third-order valence-electron chi connectivity index (χ3n) is 3.58. The summed E-state index contributed by atoms with van der Waals surface area (Å²) < 4.78 is 33.8. The SMILES string of the molecule is CC(C)CNC(=O)[C@H](C)Oc1ccc(S(=O)(=O)Nc2cccc(Br)c2)cc1. The average molecular weight is 455 g/mol. The Morgan fingerprint density at radius 2 is 1.78 bits per heavy atom. The number of rotatable bonds is 8. The molecule has 0 aromatic heterocycles. The molecule has 0 spiro atoms. The van der Waals surface area contributed by atoms with E-state index < -0.39 is 16.1 Å². The fourth-order valence-corrected chi connectivity index (χ4v) is 3.62. The van der Waals surface area contributed by atoms with Crippen LogP contribution in [0.25, 0.3) is 0 Å². The average Bonchev–Trinajstić information content (AvgIpc) is 2.59. The maximum absolute atomic E-state index is 12.5. The normalized spacial score (nSPS) is 12.5. The first-order chi connectivity index (χ1) is 12.7. The second-order valence-electron chi connectivity index (χ2n) is 6.49. The molecule has 0 saturated carbocycles. The lowest BCUT2D eigenvalue weighted by Crippen LogP contribution is -2.38. The van der Waals surface area contributed by atoms with Crippen LogP contribution in [0.4, 0.5) is 5.69 Å². The quantitative estimate of drug-likeness (QED) is 0.635. The van der Waals surface area contributed by atoms with Crippen molar-refractivity contribution >= 4 is 37.5 Å². The molecule has 0 heterocycles. The minimum absolute atomic E-state index is 0.103. The molecule has 0 aliphatic carbocycles. The van der Waals surface area contributed by atoms with Crippen molar-refractivity contribution in [1.29, 1.82) is 0 Å². The van der Waals surface area contributed by atoms with Crippen LogP contribution in [0.1, 0.15) is 20.8 Å². The van der Waals surface area contributed by atoms with Crippen LogP contribution in [0.3, 0.4) is 0 Å². The standard InChI is InChI=1S/C19H23BrN2O4S/c1-13(2)12-21-19(23)14(3)26-17-7-9-18(10-8-17)27(24,25)22-16-6-4-5-15(20)11-16/h4-11,13-14,22H,12H2,1-3H3,(H,21,23)/t14-/m0/s1. The van der Waals surface area contributed by atoms with Gasteiger partial charge in [0.15, 0.2) is 6.10 Å². The topological polar surface area (TPSA) is 84.5 Å². The van der Waals surface area contributed by atoms with Crippen LogP contribution in [-0.4, -0.2) is 27.0 Å². The number of hydrogen-bond acceptors (Lipinski definition) is 4.